The highest BCUT2D eigenvalue weighted by Crippen LogP contribution is 2.44. The van der Waals surface area contributed by atoms with Gasteiger partial charge in [0.1, 0.15) is 24.8 Å². The molecule has 11 rings (SSSR count). The minimum absolute atomic E-state index is 0.0944. The molecule has 0 radical (unpaired) electrons. The first kappa shape index (κ1) is 50.5. The number of nitrogens with one attached hydrogen (secondary N) is 3. The molecule has 4 amide bonds. The van der Waals surface area contributed by atoms with Crippen LogP contribution in [0.1, 0.15) is 59.2 Å². The van der Waals surface area contributed by atoms with E-state index in [0.717, 1.165) is 134 Å². The molecule has 2 aromatic heterocycles. The van der Waals surface area contributed by atoms with E-state index in [2.05, 4.69) is 73.7 Å². The summed E-state index contributed by atoms with van der Waals surface area (Å²) in [7, 11) is 0.898. The molecule has 5 aliphatic rings. The fourth-order valence-corrected chi connectivity index (χ4v) is 13.6. The van der Waals surface area contributed by atoms with Gasteiger partial charge in [0.15, 0.2) is 0 Å². The fraction of sp³-hybridized carbons (Fsp3) is 0.400. The number of carbonyl (C=O) groups is 4. The van der Waals surface area contributed by atoms with Gasteiger partial charge in [0.05, 0.1) is 40.3 Å². The summed E-state index contributed by atoms with van der Waals surface area (Å²) in [5.74, 6) is 0.194. The molecule has 7 heterocycles. The molecule has 0 bridgehead atoms. The lowest BCUT2D eigenvalue weighted by molar-refractivity contribution is -0.136. The Morgan fingerprint density at radius 1 is 0.787 bits per heavy atom. The van der Waals surface area contributed by atoms with Crippen molar-refractivity contribution in [1.82, 2.24) is 39.8 Å². The monoisotopic (exact) mass is 1100 g/mol. The number of fused-ring (bicyclic) bond motifs is 2. The molecule has 1 unspecified atom stereocenters. The van der Waals surface area contributed by atoms with Gasteiger partial charge in [-0.05, 0) is 108 Å². The van der Waals surface area contributed by atoms with Crippen molar-refractivity contribution in [2.24, 2.45) is 13.0 Å². The molecular weight excluding hydrogens is 1040 g/mol. The Morgan fingerprint density at radius 3 is 2.25 bits per heavy atom. The lowest BCUT2D eigenvalue weighted by atomic mass is 9.95. The highest BCUT2D eigenvalue weighted by molar-refractivity contribution is 9.10. The standard InChI is InChI=1S/C55H62BrN12O6P/c1-63-33-36(30-58-63)41-28-45(60-55-57-31-43(56)51(62-55)59-44-12-9-35-7-5-6-8-39(35)50(44)75(3,4)73)48(74-2)29-47(41)67-21-17-37(18-22-67)66-25-23-64(24-26-66)32-34-15-19-65(20-16-34)38-10-11-40-42(27-38)54(72)68(53(40)71)46-13-14-49(69)61-52(46)70/h5-12,27-31,33-34,37,46H,13-26,32H2,1-4H3,(H,61,69,70)(H2,57,59,60,62). The largest absolute Gasteiger partial charge is 0.494 e. The molecule has 6 aromatic rings. The zero-order valence-corrected chi connectivity index (χ0v) is 45.2. The number of hydrogen-bond acceptors (Lipinski definition) is 15. The van der Waals surface area contributed by atoms with Crippen LogP contribution < -0.4 is 35.8 Å². The summed E-state index contributed by atoms with van der Waals surface area (Å²) < 4.78 is 22.3. The van der Waals surface area contributed by atoms with Gasteiger partial charge in [0.2, 0.25) is 17.8 Å². The summed E-state index contributed by atoms with van der Waals surface area (Å²) in [4.78, 5) is 71.6. The van der Waals surface area contributed by atoms with E-state index in [1.165, 1.54) is 0 Å². The van der Waals surface area contributed by atoms with Crippen molar-refractivity contribution in [3.63, 3.8) is 0 Å². The first-order chi connectivity index (χ1) is 36.2. The maximum Gasteiger partial charge on any atom is 0.262 e. The van der Waals surface area contributed by atoms with Gasteiger partial charge >= 0.3 is 0 Å². The van der Waals surface area contributed by atoms with Crippen molar-refractivity contribution in [3.8, 4) is 16.9 Å². The number of methoxy groups -OCH3 is 1. The zero-order valence-electron chi connectivity index (χ0n) is 42.7. The van der Waals surface area contributed by atoms with Gasteiger partial charge in [-0.25, -0.2) is 4.98 Å². The topological polar surface area (TPSA) is 190 Å². The van der Waals surface area contributed by atoms with E-state index in [1.54, 1.807) is 38.8 Å². The number of anilines is 6. The number of amides is 4. The summed E-state index contributed by atoms with van der Waals surface area (Å²) >= 11 is 3.65. The lowest BCUT2D eigenvalue weighted by Gasteiger charge is -2.44. The number of benzene rings is 4. The molecule has 4 aromatic carbocycles. The van der Waals surface area contributed by atoms with Gasteiger partial charge in [-0.2, -0.15) is 10.1 Å². The first-order valence-corrected chi connectivity index (χ1v) is 29.3. The van der Waals surface area contributed by atoms with Crippen LogP contribution >= 0.6 is 23.1 Å². The van der Waals surface area contributed by atoms with E-state index >= 15 is 0 Å². The van der Waals surface area contributed by atoms with Gasteiger partial charge in [0.25, 0.3) is 11.8 Å². The lowest BCUT2D eigenvalue weighted by Crippen LogP contribution is -2.54. The van der Waals surface area contributed by atoms with Crippen LogP contribution in [0.3, 0.4) is 0 Å². The summed E-state index contributed by atoms with van der Waals surface area (Å²) in [6.07, 6.45) is 10.1. The fourth-order valence-electron chi connectivity index (χ4n) is 11.8. The molecule has 5 aliphatic heterocycles. The van der Waals surface area contributed by atoms with E-state index in [4.69, 9.17) is 9.72 Å². The number of piperidine rings is 3. The minimum Gasteiger partial charge on any atom is -0.494 e. The quantitative estimate of drug-likeness (QED) is 0.0764. The van der Waals surface area contributed by atoms with E-state index in [9.17, 15) is 23.7 Å². The van der Waals surface area contributed by atoms with Crippen LogP contribution in [-0.2, 0) is 21.2 Å². The number of aromatic nitrogens is 4. The van der Waals surface area contributed by atoms with Crippen LogP contribution in [0.5, 0.6) is 5.75 Å². The Morgan fingerprint density at radius 2 is 1.53 bits per heavy atom. The van der Waals surface area contributed by atoms with E-state index in [-0.39, 0.29) is 18.7 Å². The Balaban J connectivity index is 0.700. The van der Waals surface area contributed by atoms with Crippen molar-refractivity contribution < 1.29 is 28.5 Å². The predicted octanol–water partition coefficient (Wildman–Crippen LogP) is 7.44. The summed E-state index contributed by atoms with van der Waals surface area (Å²) in [6, 6.07) is 21.1. The Kier molecular flexibility index (Phi) is 14.0. The SMILES string of the molecule is COc1cc(N2CCC(N3CCN(CC4CCN(c5ccc6c(c5)C(=O)N(C5CCC(=O)NC5=O)C6=O)CC4)CC3)CC2)c(-c2cnn(C)c2)cc1Nc1ncc(Br)c(Nc2ccc3ccccc3c2P(C)(C)=O)n1. The Bertz CT molecular complexity index is 3270. The van der Waals surface area contributed by atoms with Crippen LogP contribution in [0, 0.1) is 5.92 Å². The van der Waals surface area contributed by atoms with Crippen LogP contribution in [0.4, 0.5) is 34.5 Å². The number of piperazine rings is 1. The number of aryl methyl sites for hydroxylation is 1. The second kappa shape index (κ2) is 20.8. The molecule has 0 spiro atoms. The molecule has 390 valence electrons. The van der Waals surface area contributed by atoms with E-state index in [1.807, 2.05) is 66.6 Å². The Hall–Kier alpha value is -6.66. The van der Waals surface area contributed by atoms with Crippen molar-refractivity contribution in [2.45, 2.75) is 50.6 Å². The summed E-state index contributed by atoms with van der Waals surface area (Å²) in [5, 5.41) is 16.5. The molecule has 20 heteroatoms. The van der Waals surface area contributed by atoms with Gasteiger partial charge in [-0.15, -0.1) is 0 Å². The maximum atomic E-state index is 13.7. The molecule has 75 heavy (non-hydrogen) atoms. The average Bonchev–Trinajstić information content (AvgIpc) is 3.96. The number of rotatable bonds is 13. The van der Waals surface area contributed by atoms with Crippen LogP contribution in [0.2, 0.25) is 0 Å². The van der Waals surface area contributed by atoms with Gasteiger partial charge in [-0.1, -0.05) is 30.3 Å². The molecule has 18 nitrogen and oxygen atoms in total. The number of nitrogens with zero attached hydrogens (tertiary/aromatic N) is 9. The van der Waals surface area contributed by atoms with Gasteiger partial charge < -0.3 is 34.6 Å². The number of imide groups is 2. The van der Waals surface area contributed by atoms with Crippen molar-refractivity contribution >= 4 is 97.3 Å². The van der Waals surface area contributed by atoms with Crippen molar-refractivity contribution in [1.29, 1.82) is 0 Å². The zero-order chi connectivity index (χ0) is 52.1. The highest BCUT2D eigenvalue weighted by Gasteiger charge is 2.45. The molecule has 0 saturated carbocycles. The van der Waals surface area contributed by atoms with Crippen molar-refractivity contribution in [3.05, 3.63) is 101 Å². The third-order valence-electron chi connectivity index (χ3n) is 15.7. The van der Waals surface area contributed by atoms with Crippen LogP contribution in [0.15, 0.2) is 89.8 Å². The number of carbonyl (C=O) groups excluding carboxylic acids is 4. The molecular formula is C55H62BrN12O6P. The van der Waals surface area contributed by atoms with Crippen LogP contribution in [-0.4, -0.2) is 150 Å². The summed E-state index contributed by atoms with van der Waals surface area (Å²) in [6.45, 7) is 12.4. The average molecular weight is 1100 g/mol. The van der Waals surface area contributed by atoms with Crippen molar-refractivity contribution in [2.75, 3.05) is 99.8 Å². The highest BCUT2D eigenvalue weighted by atomic mass is 79.9. The van der Waals surface area contributed by atoms with E-state index < -0.39 is 30.9 Å². The maximum absolute atomic E-state index is 13.7. The second-order valence-electron chi connectivity index (χ2n) is 20.8. The minimum atomic E-state index is -2.71. The molecule has 0 aliphatic carbocycles. The van der Waals surface area contributed by atoms with E-state index in [0.29, 0.717) is 50.8 Å². The van der Waals surface area contributed by atoms with Crippen LogP contribution in [0.25, 0.3) is 21.9 Å². The smallest absolute Gasteiger partial charge is 0.262 e. The van der Waals surface area contributed by atoms with Gasteiger partial charge in [-0.3, -0.25) is 39.0 Å². The molecule has 1 atom stereocenters. The normalized spacial score (nSPS) is 19.5. The van der Waals surface area contributed by atoms with Gasteiger partial charge in [0, 0.05) is 125 Å². The number of hydrogen-bond donors (Lipinski definition) is 3. The number of halogens is 1. The third-order valence-corrected chi connectivity index (χ3v) is 17.8. The molecule has 4 saturated heterocycles. The third kappa shape index (κ3) is 10.3. The number of ether oxygens (including phenoxy) is 1. The molecule has 3 N–H and O–H groups in total. The predicted molar refractivity (Wildman–Crippen MR) is 296 cm³/mol. The summed E-state index contributed by atoms with van der Waals surface area (Å²) in [5.41, 5.74) is 6.08. The Labute approximate surface area is 444 Å². The molecule has 4 fully saturated rings. The first-order valence-electron chi connectivity index (χ1n) is 25.9. The second-order valence-corrected chi connectivity index (χ2v) is 24.8.